The van der Waals surface area contributed by atoms with Gasteiger partial charge >= 0.3 is 6.18 Å². The summed E-state index contributed by atoms with van der Waals surface area (Å²) in [4.78, 5) is 27.4. The van der Waals surface area contributed by atoms with E-state index in [4.69, 9.17) is 23.2 Å². The van der Waals surface area contributed by atoms with Crippen LogP contribution < -0.4 is 10.6 Å². The highest BCUT2D eigenvalue weighted by Crippen LogP contribution is 2.47. The van der Waals surface area contributed by atoms with Gasteiger partial charge in [-0.25, -0.2) is 0 Å². The van der Waals surface area contributed by atoms with Crippen molar-refractivity contribution in [3.05, 3.63) is 122 Å². The van der Waals surface area contributed by atoms with Crippen LogP contribution in [0, 0.1) is 0 Å². The average Bonchev–Trinajstić information content (AvgIpc) is 2.88. The van der Waals surface area contributed by atoms with E-state index >= 15 is 0 Å². The third kappa shape index (κ3) is 5.34. The number of hydrogen-bond donors (Lipinski definition) is 2. The number of para-hydroxylation sites is 1. The monoisotopic (exact) mass is 570 g/mol. The van der Waals surface area contributed by atoms with E-state index in [9.17, 15) is 22.8 Å². The van der Waals surface area contributed by atoms with Crippen molar-refractivity contribution in [1.82, 2.24) is 5.32 Å². The molecule has 1 aliphatic heterocycles. The van der Waals surface area contributed by atoms with Crippen LogP contribution in [0.4, 0.5) is 18.9 Å². The van der Waals surface area contributed by atoms with Gasteiger partial charge in [-0.15, -0.1) is 0 Å². The number of nitrogens with one attached hydrogen (secondary N) is 2. The number of halogens is 5. The van der Waals surface area contributed by atoms with E-state index in [2.05, 4.69) is 10.6 Å². The van der Waals surface area contributed by atoms with Crippen molar-refractivity contribution in [3.63, 3.8) is 0 Å². The van der Waals surface area contributed by atoms with Crippen molar-refractivity contribution < 1.29 is 22.8 Å². The number of Topliss-reactive ketones (excluding diaryl/α,β-unsaturated/α-hetero) is 1. The lowest BCUT2D eigenvalue weighted by Gasteiger charge is -2.37. The van der Waals surface area contributed by atoms with Crippen LogP contribution in [-0.4, -0.2) is 11.7 Å². The van der Waals surface area contributed by atoms with E-state index < -0.39 is 23.6 Å². The molecule has 3 aromatic rings. The van der Waals surface area contributed by atoms with Crippen LogP contribution in [0.5, 0.6) is 0 Å². The van der Waals surface area contributed by atoms with Crippen molar-refractivity contribution in [1.29, 1.82) is 0 Å². The number of benzene rings is 3. The van der Waals surface area contributed by atoms with Gasteiger partial charge in [0.2, 0.25) is 0 Å². The van der Waals surface area contributed by atoms with Crippen LogP contribution in [0.25, 0.3) is 0 Å². The first-order chi connectivity index (χ1) is 18.5. The fourth-order valence-electron chi connectivity index (χ4n) is 5.38. The van der Waals surface area contributed by atoms with Gasteiger partial charge in [0, 0.05) is 44.9 Å². The van der Waals surface area contributed by atoms with Gasteiger partial charge in [0.1, 0.15) is 0 Å². The molecule has 0 aromatic heterocycles. The summed E-state index contributed by atoms with van der Waals surface area (Å²) in [6.07, 6.45) is -3.93. The summed E-state index contributed by atoms with van der Waals surface area (Å²) in [6, 6.07) is 19.2. The Labute approximate surface area is 233 Å². The molecule has 39 heavy (non-hydrogen) atoms. The van der Waals surface area contributed by atoms with E-state index in [1.807, 2.05) is 30.3 Å². The van der Waals surface area contributed by atoms with Gasteiger partial charge in [-0.3, -0.25) is 9.59 Å². The van der Waals surface area contributed by atoms with Crippen LogP contribution in [-0.2, 0) is 15.8 Å². The third-order valence-corrected chi connectivity index (χ3v) is 7.66. The Morgan fingerprint density at radius 3 is 2.36 bits per heavy atom. The number of alkyl halides is 3. The molecule has 0 unspecified atom stereocenters. The van der Waals surface area contributed by atoms with Gasteiger partial charge in [0.05, 0.1) is 11.3 Å². The molecule has 0 bridgehead atoms. The second kappa shape index (κ2) is 10.5. The molecular formula is C30H23Cl2F3N2O2. The van der Waals surface area contributed by atoms with Gasteiger partial charge in [0.25, 0.3) is 5.91 Å². The van der Waals surface area contributed by atoms with Crippen LogP contribution >= 0.6 is 23.2 Å². The average molecular weight is 571 g/mol. The van der Waals surface area contributed by atoms with Crippen molar-refractivity contribution in [2.75, 3.05) is 5.32 Å². The first-order valence-electron chi connectivity index (χ1n) is 12.3. The van der Waals surface area contributed by atoms with Crippen LogP contribution in [0.1, 0.15) is 48.3 Å². The molecule has 2 N–H and O–H groups in total. The molecule has 1 aliphatic carbocycles. The number of amides is 1. The third-order valence-electron chi connectivity index (χ3n) is 7.10. The number of dihydropyridines is 1. The highest BCUT2D eigenvalue weighted by molar-refractivity contribution is 6.35. The summed E-state index contributed by atoms with van der Waals surface area (Å²) >= 11 is 12.7. The largest absolute Gasteiger partial charge is 0.418 e. The molecule has 5 rings (SSSR count). The first kappa shape index (κ1) is 27.0. The summed E-state index contributed by atoms with van der Waals surface area (Å²) in [5, 5.41) is 6.28. The van der Waals surface area contributed by atoms with Crippen LogP contribution in [0.3, 0.4) is 0 Å². The highest BCUT2D eigenvalue weighted by atomic mass is 35.5. The Morgan fingerprint density at radius 1 is 0.974 bits per heavy atom. The van der Waals surface area contributed by atoms with E-state index in [-0.39, 0.29) is 34.4 Å². The molecule has 1 amide bonds. The summed E-state index contributed by atoms with van der Waals surface area (Å²) in [5.74, 6) is -1.89. The molecule has 0 spiro atoms. The lowest BCUT2D eigenvalue weighted by atomic mass is 9.71. The smallest absolute Gasteiger partial charge is 0.362 e. The molecule has 3 aromatic carbocycles. The van der Waals surface area contributed by atoms with Gasteiger partial charge in [-0.05, 0) is 54.7 Å². The highest BCUT2D eigenvalue weighted by Gasteiger charge is 2.42. The summed E-state index contributed by atoms with van der Waals surface area (Å²) in [5.41, 5.74) is 1.72. The lowest BCUT2D eigenvalue weighted by Crippen LogP contribution is -2.37. The van der Waals surface area contributed by atoms with E-state index in [1.165, 1.54) is 24.3 Å². The summed E-state index contributed by atoms with van der Waals surface area (Å²) in [6.45, 7) is 1.67. The van der Waals surface area contributed by atoms with Gasteiger partial charge in [-0.1, -0.05) is 71.7 Å². The molecule has 2 aliphatic rings. The molecular weight excluding hydrogens is 548 g/mol. The number of allylic oxidation sites excluding steroid dienone is 3. The fraction of sp³-hybridized carbons (Fsp3) is 0.200. The van der Waals surface area contributed by atoms with Gasteiger partial charge < -0.3 is 10.6 Å². The van der Waals surface area contributed by atoms with Gasteiger partial charge in [-0.2, -0.15) is 13.2 Å². The summed E-state index contributed by atoms with van der Waals surface area (Å²) in [7, 11) is 0. The zero-order valence-corrected chi connectivity index (χ0v) is 22.2. The Hall–Kier alpha value is -3.55. The molecule has 1 heterocycles. The molecule has 9 heteroatoms. The molecule has 0 saturated heterocycles. The van der Waals surface area contributed by atoms with E-state index in [1.54, 1.807) is 19.1 Å². The Bertz CT molecular complexity index is 1530. The molecule has 200 valence electrons. The second-order valence-electron chi connectivity index (χ2n) is 9.59. The number of anilines is 1. The minimum atomic E-state index is -4.67. The number of carbonyl (C=O) groups is 2. The number of rotatable bonds is 4. The maximum atomic E-state index is 13.7. The zero-order chi connectivity index (χ0) is 27.9. The fourth-order valence-corrected chi connectivity index (χ4v) is 5.89. The van der Waals surface area contributed by atoms with Crippen LogP contribution in [0.2, 0.25) is 10.0 Å². The van der Waals surface area contributed by atoms with Crippen molar-refractivity contribution in [2.45, 2.75) is 37.8 Å². The zero-order valence-electron chi connectivity index (χ0n) is 20.7. The number of hydrogen-bond acceptors (Lipinski definition) is 3. The quantitative estimate of drug-likeness (QED) is 0.334. The van der Waals surface area contributed by atoms with E-state index in [0.717, 1.165) is 11.6 Å². The first-order valence-corrected chi connectivity index (χ1v) is 13.0. The van der Waals surface area contributed by atoms with E-state index in [0.29, 0.717) is 34.0 Å². The van der Waals surface area contributed by atoms with Gasteiger partial charge in [0.15, 0.2) is 5.78 Å². The molecule has 2 atom stereocenters. The SMILES string of the molecule is CC1=C(C(=O)Nc2ccccc2C(F)(F)F)[C@H](c2ccc(Cl)cc2Cl)C2=C(C[C@@H](c3ccccc3)CC2=O)N1. The van der Waals surface area contributed by atoms with Crippen LogP contribution in [0.15, 0.2) is 95.3 Å². The van der Waals surface area contributed by atoms with Crippen molar-refractivity contribution >= 4 is 40.6 Å². The van der Waals surface area contributed by atoms with Crippen molar-refractivity contribution in [3.8, 4) is 0 Å². The molecule has 0 saturated carbocycles. The number of ketones is 1. The Morgan fingerprint density at radius 2 is 1.67 bits per heavy atom. The molecule has 0 radical (unpaired) electrons. The Kier molecular flexibility index (Phi) is 7.31. The lowest BCUT2D eigenvalue weighted by molar-refractivity contribution is -0.137. The predicted octanol–water partition coefficient (Wildman–Crippen LogP) is 8.01. The number of carbonyl (C=O) groups excluding carboxylic acids is 2. The van der Waals surface area contributed by atoms with Crippen molar-refractivity contribution in [2.24, 2.45) is 0 Å². The topological polar surface area (TPSA) is 58.2 Å². The minimum absolute atomic E-state index is 0.0619. The maximum absolute atomic E-state index is 13.7. The molecule has 4 nitrogen and oxygen atoms in total. The maximum Gasteiger partial charge on any atom is 0.418 e. The standard InChI is InChI=1S/C30H23Cl2F3N2O2/c1-16-26(29(39)37-23-10-6-5-9-21(23)30(33,34)35)27(20-12-11-19(31)15-22(20)32)28-24(36-16)13-18(14-25(28)38)17-7-3-2-4-8-17/h2-12,15,18,27,36H,13-14H2,1H3,(H,37,39)/t18-,27+/m1/s1. The summed E-state index contributed by atoms with van der Waals surface area (Å²) < 4.78 is 40.9. The normalized spacial score (nSPS) is 19.5. The Balaban J connectivity index is 1.60. The molecule has 0 fully saturated rings. The predicted molar refractivity (Wildman–Crippen MR) is 146 cm³/mol. The second-order valence-corrected chi connectivity index (χ2v) is 10.4. The minimum Gasteiger partial charge on any atom is -0.362 e.